The molecule has 1 aliphatic heterocycles. The van der Waals surface area contributed by atoms with Gasteiger partial charge in [-0.25, -0.2) is 9.97 Å². The van der Waals surface area contributed by atoms with Crippen molar-refractivity contribution >= 4 is 11.8 Å². The van der Waals surface area contributed by atoms with Crippen molar-refractivity contribution in [1.82, 2.24) is 14.9 Å². The van der Waals surface area contributed by atoms with Gasteiger partial charge in [-0.1, -0.05) is 0 Å². The highest BCUT2D eigenvalue weighted by atomic mass is 16.2. The van der Waals surface area contributed by atoms with E-state index in [1.54, 1.807) is 0 Å². The summed E-state index contributed by atoms with van der Waals surface area (Å²) in [5.41, 5.74) is 0.430. The largest absolute Gasteiger partial charge is 0.279 e. The van der Waals surface area contributed by atoms with Gasteiger partial charge in [-0.3, -0.25) is 14.5 Å². The molecule has 0 atom stereocenters. The molecule has 1 aliphatic rings. The van der Waals surface area contributed by atoms with Crippen molar-refractivity contribution in [2.45, 2.75) is 32.7 Å². The minimum absolute atomic E-state index is 0.194. The molecule has 0 fully saturated rings. The SMILES string of the molecule is CC(C)(C)N1C(=O)Cc2cncnc2C1=O. The molecule has 16 heavy (non-hydrogen) atoms. The summed E-state index contributed by atoms with van der Waals surface area (Å²) in [7, 11) is 0. The van der Waals surface area contributed by atoms with Gasteiger partial charge >= 0.3 is 0 Å². The summed E-state index contributed by atoms with van der Waals surface area (Å²) in [6.45, 7) is 5.49. The Morgan fingerprint density at radius 3 is 2.62 bits per heavy atom. The number of hydrogen-bond acceptors (Lipinski definition) is 4. The van der Waals surface area contributed by atoms with Gasteiger partial charge in [0.05, 0.1) is 6.42 Å². The van der Waals surface area contributed by atoms with Crippen molar-refractivity contribution in [2.75, 3.05) is 0 Å². The predicted molar refractivity (Wildman–Crippen MR) is 56.7 cm³/mol. The third-order valence-corrected chi connectivity index (χ3v) is 2.46. The Balaban J connectivity index is 2.50. The summed E-state index contributed by atoms with van der Waals surface area (Å²) in [4.78, 5) is 33.0. The van der Waals surface area contributed by atoms with Crippen molar-refractivity contribution in [1.29, 1.82) is 0 Å². The first-order chi connectivity index (χ1) is 7.41. The van der Waals surface area contributed by atoms with Crippen LogP contribution in [0.15, 0.2) is 12.5 Å². The number of fused-ring (bicyclic) bond motifs is 1. The van der Waals surface area contributed by atoms with Crippen molar-refractivity contribution in [3.63, 3.8) is 0 Å². The highest BCUT2D eigenvalue weighted by molar-refractivity contribution is 6.09. The maximum Gasteiger partial charge on any atom is 0.279 e. The number of aromatic nitrogens is 2. The lowest BCUT2D eigenvalue weighted by molar-refractivity contribution is -0.132. The van der Waals surface area contributed by atoms with Crippen LogP contribution in [0.25, 0.3) is 0 Å². The zero-order valence-electron chi connectivity index (χ0n) is 9.52. The van der Waals surface area contributed by atoms with Crippen LogP contribution in [0.2, 0.25) is 0 Å². The monoisotopic (exact) mass is 219 g/mol. The fourth-order valence-electron chi connectivity index (χ4n) is 1.82. The van der Waals surface area contributed by atoms with Gasteiger partial charge < -0.3 is 0 Å². The molecule has 0 radical (unpaired) electrons. The molecule has 1 aromatic rings. The number of hydrogen-bond donors (Lipinski definition) is 0. The fourth-order valence-corrected chi connectivity index (χ4v) is 1.82. The van der Waals surface area contributed by atoms with Gasteiger partial charge in [0.15, 0.2) is 0 Å². The van der Waals surface area contributed by atoms with Crippen LogP contribution in [-0.4, -0.2) is 32.2 Å². The molecule has 84 valence electrons. The normalized spacial score (nSPS) is 16.3. The summed E-state index contributed by atoms with van der Waals surface area (Å²) in [5, 5.41) is 0. The maximum absolute atomic E-state index is 12.1. The lowest BCUT2D eigenvalue weighted by atomic mass is 9.98. The Labute approximate surface area is 93.5 Å². The zero-order chi connectivity index (χ0) is 11.9. The van der Waals surface area contributed by atoms with E-state index < -0.39 is 5.54 Å². The first kappa shape index (κ1) is 10.7. The second-order valence-electron chi connectivity index (χ2n) is 4.78. The molecule has 0 N–H and O–H groups in total. The van der Waals surface area contributed by atoms with Gasteiger partial charge in [-0.15, -0.1) is 0 Å². The van der Waals surface area contributed by atoms with E-state index in [4.69, 9.17) is 0 Å². The molecule has 0 spiro atoms. The topological polar surface area (TPSA) is 63.2 Å². The molecule has 2 amide bonds. The zero-order valence-corrected chi connectivity index (χ0v) is 9.52. The van der Waals surface area contributed by atoms with Crippen LogP contribution in [-0.2, 0) is 11.2 Å². The number of amides is 2. The Kier molecular flexibility index (Phi) is 2.26. The van der Waals surface area contributed by atoms with Crippen molar-refractivity contribution in [2.24, 2.45) is 0 Å². The van der Waals surface area contributed by atoms with E-state index in [1.165, 1.54) is 17.4 Å². The summed E-state index contributed by atoms with van der Waals surface area (Å²) < 4.78 is 0. The van der Waals surface area contributed by atoms with Gasteiger partial charge in [0, 0.05) is 17.3 Å². The van der Waals surface area contributed by atoms with Gasteiger partial charge in [0.2, 0.25) is 5.91 Å². The molecule has 0 aromatic carbocycles. The Morgan fingerprint density at radius 1 is 1.31 bits per heavy atom. The standard InChI is InChI=1S/C11H13N3O2/c1-11(2,3)14-8(15)4-7-5-12-6-13-9(7)10(14)16/h5-6H,4H2,1-3H3. The number of nitrogens with zero attached hydrogens (tertiary/aromatic N) is 3. The van der Waals surface area contributed by atoms with Crippen molar-refractivity contribution < 1.29 is 9.59 Å². The first-order valence-corrected chi connectivity index (χ1v) is 5.07. The van der Waals surface area contributed by atoms with E-state index in [0.717, 1.165) is 0 Å². The second kappa shape index (κ2) is 3.37. The minimum Gasteiger partial charge on any atom is -0.274 e. The van der Waals surface area contributed by atoms with E-state index in [2.05, 4.69) is 9.97 Å². The number of imide groups is 1. The third kappa shape index (κ3) is 1.58. The molecule has 2 heterocycles. The molecule has 2 rings (SSSR count). The summed E-state index contributed by atoms with van der Waals surface area (Å²) >= 11 is 0. The third-order valence-electron chi connectivity index (χ3n) is 2.46. The Hall–Kier alpha value is -1.78. The summed E-state index contributed by atoms with van der Waals surface area (Å²) in [6.07, 6.45) is 3.05. The fraction of sp³-hybridized carbons (Fsp3) is 0.455. The van der Waals surface area contributed by atoms with Crippen LogP contribution in [0.4, 0.5) is 0 Å². The van der Waals surface area contributed by atoms with E-state index in [-0.39, 0.29) is 18.2 Å². The number of rotatable bonds is 0. The van der Waals surface area contributed by atoms with Crippen LogP contribution < -0.4 is 0 Å². The van der Waals surface area contributed by atoms with Crippen LogP contribution >= 0.6 is 0 Å². The van der Waals surface area contributed by atoms with Crippen LogP contribution in [0, 0.1) is 0 Å². The molecule has 5 heteroatoms. The Morgan fingerprint density at radius 2 is 2.00 bits per heavy atom. The number of carbonyl (C=O) groups excluding carboxylic acids is 2. The van der Waals surface area contributed by atoms with Gasteiger partial charge in [0.1, 0.15) is 12.0 Å². The molecule has 1 aromatic heterocycles. The second-order valence-corrected chi connectivity index (χ2v) is 4.78. The summed E-state index contributed by atoms with van der Waals surface area (Å²) in [5.74, 6) is -0.527. The van der Waals surface area contributed by atoms with Crippen LogP contribution in [0.3, 0.4) is 0 Å². The molecule has 0 bridgehead atoms. The maximum atomic E-state index is 12.1. The number of carbonyl (C=O) groups is 2. The van der Waals surface area contributed by atoms with Gasteiger partial charge in [0.25, 0.3) is 5.91 Å². The molecule has 0 aliphatic carbocycles. The quantitative estimate of drug-likeness (QED) is 0.605. The minimum atomic E-state index is -0.517. The van der Waals surface area contributed by atoms with E-state index in [0.29, 0.717) is 11.3 Å². The van der Waals surface area contributed by atoms with E-state index in [9.17, 15) is 9.59 Å². The average molecular weight is 219 g/mol. The van der Waals surface area contributed by atoms with Crippen LogP contribution in [0.1, 0.15) is 36.8 Å². The van der Waals surface area contributed by atoms with Gasteiger partial charge in [-0.2, -0.15) is 0 Å². The van der Waals surface area contributed by atoms with Crippen molar-refractivity contribution in [3.8, 4) is 0 Å². The average Bonchev–Trinajstić information content (AvgIpc) is 2.15. The molecular weight excluding hydrogens is 206 g/mol. The molecule has 5 nitrogen and oxygen atoms in total. The Bertz CT molecular complexity index is 463. The molecule has 0 saturated heterocycles. The molecule has 0 saturated carbocycles. The van der Waals surface area contributed by atoms with Gasteiger partial charge in [-0.05, 0) is 20.8 Å². The lowest BCUT2D eigenvalue weighted by Gasteiger charge is -2.36. The lowest BCUT2D eigenvalue weighted by Crippen LogP contribution is -2.53. The molecular formula is C11H13N3O2. The van der Waals surface area contributed by atoms with E-state index in [1.807, 2.05) is 20.8 Å². The highest BCUT2D eigenvalue weighted by Crippen LogP contribution is 2.23. The highest BCUT2D eigenvalue weighted by Gasteiger charge is 2.38. The smallest absolute Gasteiger partial charge is 0.274 e. The summed E-state index contributed by atoms with van der Waals surface area (Å²) in [6, 6.07) is 0. The predicted octanol–water partition coefficient (Wildman–Crippen LogP) is 0.800. The van der Waals surface area contributed by atoms with Crippen molar-refractivity contribution in [3.05, 3.63) is 23.8 Å². The van der Waals surface area contributed by atoms with E-state index >= 15 is 0 Å². The molecule has 0 unspecified atom stereocenters. The first-order valence-electron chi connectivity index (χ1n) is 5.07. The van der Waals surface area contributed by atoms with Crippen LogP contribution in [0.5, 0.6) is 0 Å².